The van der Waals surface area contributed by atoms with E-state index in [0.29, 0.717) is 0 Å². The zero-order valence-electron chi connectivity index (χ0n) is 10.8. The predicted octanol–water partition coefficient (Wildman–Crippen LogP) is 1.87. The van der Waals surface area contributed by atoms with Crippen LogP contribution >= 0.6 is 0 Å². The molecular weight excluding hydrogens is 224 g/mol. The lowest BCUT2D eigenvalue weighted by molar-refractivity contribution is 0.725. The van der Waals surface area contributed by atoms with Crippen molar-refractivity contribution in [2.24, 2.45) is 7.05 Å². The number of aromatic nitrogens is 2. The summed E-state index contributed by atoms with van der Waals surface area (Å²) in [6.07, 6.45) is 3.08. The summed E-state index contributed by atoms with van der Waals surface area (Å²) in [6, 6.07) is 6.37. The smallest absolute Gasteiger partial charge is 0.0817 e. The average Bonchev–Trinajstić information content (AvgIpc) is 2.89. The molecule has 2 heterocycles. The van der Waals surface area contributed by atoms with Gasteiger partial charge in [0.15, 0.2) is 0 Å². The highest BCUT2D eigenvalue weighted by Crippen LogP contribution is 2.32. The molecule has 0 saturated heterocycles. The Kier molecular flexibility index (Phi) is 2.51. The van der Waals surface area contributed by atoms with Gasteiger partial charge in [-0.3, -0.25) is 4.68 Å². The lowest BCUT2D eigenvalue weighted by atomic mass is 10.1. The Balaban J connectivity index is 1.88. The zero-order valence-corrected chi connectivity index (χ0v) is 10.8. The first kappa shape index (κ1) is 11.1. The second-order valence-electron chi connectivity index (χ2n) is 4.99. The number of anilines is 2. The molecule has 1 aromatic heterocycles. The lowest BCUT2D eigenvalue weighted by Crippen LogP contribution is -2.20. The van der Waals surface area contributed by atoms with Crippen molar-refractivity contribution in [3.63, 3.8) is 0 Å². The highest BCUT2D eigenvalue weighted by atomic mass is 15.3. The maximum Gasteiger partial charge on any atom is 0.0817 e. The van der Waals surface area contributed by atoms with Crippen molar-refractivity contribution < 1.29 is 0 Å². The molecule has 0 amide bonds. The fraction of sp³-hybridized carbons (Fsp3) is 0.357. The van der Waals surface area contributed by atoms with Crippen LogP contribution in [-0.2, 0) is 20.0 Å². The van der Waals surface area contributed by atoms with Gasteiger partial charge in [-0.25, -0.2) is 0 Å². The predicted molar refractivity (Wildman–Crippen MR) is 73.6 cm³/mol. The van der Waals surface area contributed by atoms with Crippen molar-refractivity contribution in [1.82, 2.24) is 9.78 Å². The Labute approximate surface area is 107 Å². The van der Waals surface area contributed by atoms with E-state index in [0.717, 1.165) is 30.9 Å². The molecule has 0 unspecified atom stereocenters. The van der Waals surface area contributed by atoms with Gasteiger partial charge in [0, 0.05) is 31.2 Å². The molecule has 1 aliphatic heterocycles. The monoisotopic (exact) mass is 242 g/mol. The van der Waals surface area contributed by atoms with E-state index in [4.69, 9.17) is 5.73 Å². The van der Waals surface area contributed by atoms with E-state index in [1.54, 1.807) is 0 Å². The van der Waals surface area contributed by atoms with Crippen molar-refractivity contribution in [2.45, 2.75) is 19.9 Å². The molecule has 0 atom stereocenters. The first-order valence-corrected chi connectivity index (χ1v) is 6.26. The Hall–Kier alpha value is -1.97. The van der Waals surface area contributed by atoms with E-state index in [1.165, 1.54) is 16.8 Å². The molecule has 1 aliphatic rings. The van der Waals surface area contributed by atoms with Gasteiger partial charge in [-0.2, -0.15) is 5.10 Å². The third-order valence-corrected chi connectivity index (χ3v) is 3.58. The van der Waals surface area contributed by atoms with E-state index in [-0.39, 0.29) is 0 Å². The number of benzene rings is 1. The minimum Gasteiger partial charge on any atom is -0.398 e. The summed E-state index contributed by atoms with van der Waals surface area (Å²) in [7, 11) is 1.95. The van der Waals surface area contributed by atoms with Crippen molar-refractivity contribution in [3.05, 3.63) is 41.2 Å². The Bertz CT molecular complexity index is 585. The maximum absolute atomic E-state index is 6.01. The van der Waals surface area contributed by atoms with Gasteiger partial charge in [-0.15, -0.1) is 0 Å². The third kappa shape index (κ3) is 1.83. The van der Waals surface area contributed by atoms with Crippen LogP contribution in [0.2, 0.25) is 0 Å². The second kappa shape index (κ2) is 4.05. The highest BCUT2D eigenvalue weighted by Gasteiger charge is 2.20. The Morgan fingerprint density at radius 3 is 2.94 bits per heavy atom. The van der Waals surface area contributed by atoms with Crippen LogP contribution < -0.4 is 10.6 Å². The summed E-state index contributed by atoms with van der Waals surface area (Å²) in [5, 5.41) is 4.43. The van der Waals surface area contributed by atoms with E-state index in [9.17, 15) is 0 Å². The molecule has 94 valence electrons. The summed E-state index contributed by atoms with van der Waals surface area (Å²) in [6.45, 7) is 3.97. The Morgan fingerprint density at radius 2 is 2.22 bits per heavy atom. The number of fused-ring (bicyclic) bond motifs is 1. The fourth-order valence-electron chi connectivity index (χ4n) is 2.55. The summed E-state index contributed by atoms with van der Waals surface area (Å²) >= 11 is 0. The minimum atomic E-state index is 0.857. The molecule has 0 fully saturated rings. The molecule has 0 bridgehead atoms. The minimum absolute atomic E-state index is 0.857. The summed E-state index contributed by atoms with van der Waals surface area (Å²) in [4.78, 5) is 2.35. The molecule has 18 heavy (non-hydrogen) atoms. The van der Waals surface area contributed by atoms with Crippen molar-refractivity contribution >= 4 is 11.4 Å². The van der Waals surface area contributed by atoms with Gasteiger partial charge in [0.25, 0.3) is 0 Å². The van der Waals surface area contributed by atoms with E-state index in [1.807, 2.05) is 17.9 Å². The lowest BCUT2D eigenvalue weighted by Gasteiger charge is -2.18. The van der Waals surface area contributed by atoms with Crippen molar-refractivity contribution in [1.29, 1.82) is 0 Å². The molecule has 4 nitrogen and oxygen atoms in total. The van der Waals surface area contributed by atoms with Gasteiger partial charge in [-0.1, -0.05) is 6.07 Å². The van der Waals surface area contributed by atoms with Gasteiger partial charge in [-0.05, 0) is 36.6 Å². The van der Waals surface area contributed by atoms with Crippen molar-refractivity contribution in [2.75, 3.05) is 17.2 Å². The fourth-order valence-corrected chi connectivity index (χ4v) is 2.55. The first-order chi connectivity index (χ1) is 8.63. The van der Waals surface area contributed by atoms with Crippen LogP contribution in [0.25, 0.3) is 0 Å². The van der Waals surface area contributed by atoms with Gasteiger partial charge in [0.05, 0.1) is 12.2 Å². The molecule has 4 heteroatoms. The quantitative estimate of drug-likeness (QED) is 0.818. The number of aryl methyl sites for hydroxylation is 2. The van der Waals surface area contributed by atoms with Gasteiger partial charge in [0.1, 0.15) is 0 Å². The maximum atomic E-state index is 6.01. The van der Waals surface area contributed by atoms with E-state index < -0.39 is 0 Å². The summed E-state index contributed by atoms with van der Waals surface area (Å²) in [5.74, 6) is 0. The second-order valence-corrected chi connectivity index (χ2v) is 4.99. The molecule has 0 saturated carbocycles. The largest absolute Gasteiger partial charge is 0.398 e. The van der Waals surface area contributed by atoms with Crippen LogP contribution in [0.5, 0.6) is 0 Å². The standard InChI is InChI=1S/C14H18N4/c1-10-7-11-3-6-18(14(11)8-13(10)15)9-12-4-5-17(2)16-12/h4-5,7-8H,3,6,9,15H2,1-2H3. The average molecular weight is 242 g/mol. The van der Waals surface area contributed by atoms with Gasteiger partial charge >= 0.3 is 0 Å². The first-order valence-electron chi connectivity index (χ1n) is 6.26. The number of hydrogen-bond acceptors (Lipinski definition) is 3. The molecule has 0 aliphatic carbocycles. The molecule has 2 aromatic rings. The van der Waals surface area contributed by atoms with Crippen LogP contribution in [0.4, 0.5) is 11.4 Å². The number of nitrogens with two attached hydrogens (primary N) is 1. The van der Waals surface area contributed by atoms with Gasteiger partial charge in [0.2, 0.25) is 0 Å². The van der Waals surface area contributed by atoms with Crippen LogP contribution in [0.15, 0.2) is 24.4 Å². The molecule has 2 N–H and O–H groups in total. The van der Waals surface area contributed by atoms with Crippen LogP contribution in [-0.4, -0.2) is 16.3 Å². The molecule has 0 radical (unpaired) electrons. The van der Waals surface area contributed by atoms with E-state index >= 15 is 0 Å². The van der Waals surface area contributed by atoms with Crippen molar-refractivity contribution in [3.8, 4) is 0 Å². The van der Waals surface area contributed by atoms with Gasteiger partial charge < -0.3 is 10.6 Å². The SMILES string of the molecule is Cc1cc2c(cc1N)N(Cc1ccn(C)n1)CC2. The normalized spacial score (nSPS) is 14.0. The van der Waals surface area contributed by atoms with Crippen LogP contribution in [0, 0.1) is 6.92 Å². The zero-order chi connectivity index (χ0) is 12.7. The number of nitrogens with zero attached hydrogens (tertiary/aromatic N) is 3. The van der Waals surface area contributed by atoms with Crippen LogP contribution in [0.1, 0.15) is 16.8 Å². The third-order valence-electron chi connectivity index (χ3n) is 3.58. The number of hydrogen-bond donors (Lipinski definition) is 1. The number of nitrogen functional groups attached to an aromatic ring is 1. The molecule has 1 aromatic carbocycles. The van der Waals surface area contributed by atoms with Crippen LogP contribution in [0.3, 0.4) is 0 Å². The molecule has 0 spiro atoms. The summed E-state index contributed by atoms with van der Waals surface area (Å²) < 4.78 is 1.84. The molecule has 3 rings (SSSR count). The summed E-state index contributed by atoms with van der Waals surface area (Å²) in [5.41, 5.74) is 11.8. The topological polar surface area (TPSA) is 47.1 Å². The highest BCUT2D eigenvalue weighted by molar-refractivity contribution is 5.67. The molecular formula is C14H18N4. The van der Waals surface area contributed by atoms with E-state index in [2.05, 4.69) is 35.1 Å². The Morgan fingerprint density at radius 1 is 1.39 bits per heavy atom. The number of rotatable bonds is 2.